The molecule has 1 aromatic carbocycles. The third kappa shape index (κ3) is 3.69. The van der Waals surface area contributed by atoms with Crippen molar-refractivity contribution >= 4 is 6.08 Å². The van der Waals surface area contributed by atoms with E-state index in [1.807, 2.05) is 6.07 Å². The van der Waals surface area contributed by atoms with Gasteiger partial charge in [-0.1, -0.05) is 49.4 Å². The summed E-state index contributed by atoms with van der Waals surface area (Å²) >= 11 is 0. The predicted molar refractivity (Wildman–Crippen MR) is 73.7 cm³/mol. The van der Waals surface area contributed by atoms with Gasteiger partial charge in [0.15, 0.2) is 0 Å². The first-order chi connectivity index (χ1) is 8.25. The fourth-order valence-corrected chi connectivity index (χ4v) is 2.32. The van der Waals surface area contributed by atoms with Gasteiger partial charge in [0, 0.05) is 19.1 Å². The minimum absolute atomic E-state index is 0.393. The van der Waals surface area contributed by atoms with Crippen molar-refractivity contribution < 1.29 is 0 Å². The maximum Gasteiger partial charge on any atom is 0.0166 e. The first-order valence-corrected chi connectivity index (χ1v) is 6.45. The number of benzene rings is 1. The Labute approximate surface area is 104 Å². The highest BCUT2D eigenvalue weighted by atomic mass is 15.1. The van der Waals surface area contributed by atoms with Crippen LogP contribution in [0.4, 0.5) is 0 Å². The summed E-state index contributed by atoms with van der Waals surface area (Å²) in [5.41, 5.74) is 7.29. The number of nitrogens with zero attached hydrogens (tertiary/aromatic N) is 1. The van der Waals surface area contributed by atoms with Crippen LogP contribution in [0.1, 0.15) is 18.9 Å². The molecule has 1 aliphatic heterocycles. The molecule has 0 saturated carbocycles. The molecule has 0 amide bonds. The van der Waals surface area contributed by atoms with E-state index in [1.54, 1.807) is 0 Å². The van der Waals surface area contributed by atoms with Crippen molar-refractivity contribution in [3.05, 3.63) is 42.0 Å². The zero-order chi connectivity index (χ0) is 12.1. The molecule has 2 rings (SSSR count). The molecular formula is C15H22N2. The fourth-order valence-electron chi connectivity index (χ4n) is 2.32. The second-order valence-corrected chi connectivity index (χ2v) is 5.00. The Balaban J connectivity index is 1.81. The Hall–Kier alpha value is -1.12. The van der Waals surface area contributed by atoms with Crippen LogP contribution in [0.2, 0.25) is 0 Å². The van der Waals surface area contributed by atoms with Crippen molar-refractivity contribution in [3.63, 3.8) is 0 Å². The average molecular weight is 230 g/mol. The molecular weight excluding hydrogens is 208 g/mol. The van der Waals surface area contributed by atoms with Crippen molar-refractivity contribution in [3.8, 4) is 0 Å². The average Bonchev–Trinajstić information content (AvgIpc) is 2.35. The van der Waals surface area contributed by atoms with Crippen LogP contribution in [0.5, 0.6) is 0 Å². The fraction of sp³-hybridized carbons (Fsp3) is 0.467. The largest absolute Gasteiger partial charge is 0.327 e. The summed E-state index contributed by atoms with van der Waals surface area (Å²) in [6, 6.07) is 10.8. The Morgan fingerprint density at radius 2 is 2.12 bits per heavy atom. The van der Waals surface area contributed by atoms with E-state index in [4.69, 9.17) is 5.73 Å². The molecule has 2 atom stereocenters. The lowest BCUT2D eigenvalue weighted by atomic mass is 9.95. The minimum atomic E-state index is 0.393. The molecule has 1 fully saturated rings. The summed E-state index contributed by atoms with van der Waals surface area (Å²) in [6.45, 7) is 5.54. The van der Waals surface area contributed by atoms with Gasteiger partial charge in [0.05, 0.1) is 0 Å². The maximum atomic E-state index is 6.02. The molecule has 2 unspecified atom stereocenters. The van der Waals surface area contributed by atoms with Gasteiger partial charge < -0.3 is 5.73 Å². The SMILES string of the molecule is CC1CN(C/C=C/c2ccccc2)CCC1N. The van der Waals surface area contributed by atoms with Crippen LogP contribution in [-0.4, -0.2) is 30.6 Å². The second kappa shape index (κ2) is 5.99. The molecule has 2 N–H and O–H groups in total. The van der Waals surface area contributed by atoms with Gasteiger partial charge in [0.2, 0.25) is 0 Å². The minimum Gasteiger partial charge on any atom is -0.327 e. The normalized spacial score (nSPS) is 26.5. The van der Waals surface area contributed by atoms with Gasteiger partial charge in [-0.05, 0) is 24.4 Å². The first kappa shape index (κ1) is 12.3. The lowest BCUT2D eigenvalue weighted by Gasteiger charge is -2.34. The Morgan fingerprint density at radius 3 is 2.82 bits per heavy atom. The highest BCUT2D eigenvalue weighted by molar-refractivity contribution is 5.48. The van der Waals surface area contributed by atoms with E-state index in [0.29, 0.717) is 12.0 Å². The van der Waals surface area contributed by atoms with E-state index >= 15 is 0 Å². The van der Waals surface area contributed by atoms with Crippen molar-refractivity contribution in [1.29, 1.82) is 0 Å². The summed E-state index contributed by atoms with van der Waals surface area (Å²) in [6.07, 6.45) is 5.57. The van der Waals surface area contributed by atoms with Gasteiger partial charge in [-0.25, -0.2) is 0 Å². The molecule has 0 aliphatic carbocycles. The van der Waals surface area contributed by atoms with Crippen LogP contribution >= 0.6 is 0 Å². The van der Waals surface area contributed by atoms with Crippen molar-refractivity contribution in [1.82, 2.24) is 4.90 Å². The number of piperidine rings is 1. The standard InChI is InChI=1S/C15H22N2/c1-13-12-17(11-9-15(13)16)10-5-8-14-6-3-2-4-7-14/h2-8,13,15H,9-12,16H2,1H3/b8-5+. The maximum absolute atomic E-state index is 6.02. The van der Waals surface area contributed by atoms with Crippen molar-refractivity contribution in [2.75, 3.05) is 19.6 Å². The molecule has 17 heavy (non-hydrogen) atoms. The molecule has 0 aromatic heterocycles. The molecule has 2 nitrogen and oxygen atoms in total. The second-order valence-electron chi connectivity index (χ2n) is 5.00. The topological polar surface area (TPSA) is 29.3 Å². The van der Waals surface area contributed by atoms with E-state index in [2.05, 4.69) is 48.2 Å². The quantitative estimate of drug-likeness (QED) is 0.863. The first-order valence-electron chi connectivity index (χ1n) is 6.45. The van der Waals surface area contributed by atoms with Gasteiger partial charge in [0.1, 0.15) is 0 Å². The van der Waals surface area contributed by atoms with Gasteiger partial charge in [0.25, 0.3) is 0 Å². The van der Waals surface area contributed by atoms with Gasteiger partial charge in [-0.3, -0.25) is 4.90 Å². The molecule has 2 heteroatoms. The molecule has 1 aliphatic rings. The number of likely N-dealkylation sites (tertiary alicyclic amines) is 1. The smallest absolute Gasteiger partial charge is 0.0166 e. The Kier molecular flexibility index (Phi) is 4.35. The lowest BCUT2D eigenvalue weighted by Crippen LogP contribution is -2.45. The van der Waals surface area contributed by atoms with Crippen LogP contribution in [0, 0.1) is 5.92 Å². The molecule has 0 bridgehead atoms. The van der Waals surface area contributed by atoms with E-state index in [1.165, 1.54) is 5.56 Å². The summed E-state index contributed by atoms with van der Waals surface area (Å²) < 4.78 is 0. The van der Waals surface area contributed by atoms with Crippen molar-refractivity contribution in [2.45, 2.75) is 19.4 Å². The molecule has 1 aromatic rings. The Bertz CT molecular complexity index is 358. The van der Waals surface area contributed by atoms with E-state index in [9.17, 15) is 0 Å². The summed E-state index contributed by atoms with van der Waals surface area (Å²) in [5, 5.41) is 0. The van der Waals surface area contributed by atoms with E-state index < -0.39 is 0 Å². The molecule has 0 spiro atoms. The lowest BCUT2D eigenvalue weighted by molar-refractivity contribution is 0.180. The molecule has 1 saturated heterocycles. The highest BCUT2D eigenvalue weighted by Gasteiger charge is 2.21. The van der Waals surface area contributed by atoms with Crippen LogP contribution in [0.15, 0.2) is 36.4 Å². The van der Waals surface area contributed by atoms with E-state index in [0.717, 1.165) is 26.1 Å². The zero-order valence-electron chi connectivity index (χ0n) is 10.5. The summed E-state index contributed by atoms with van der Waals surface area (Å²) in [4.78, 5) is 2.48. The zero-order valence-corrected chi connectivity index (χ0v) is 10.5. The van der Waals surface area contributed by atoms with Gasteiger partial charge in [-0.2, -0.15) is 0 Å². The summed E-state index contributed by atoms with van der Waals surface area (Å²) in [7, 11) is 0. The summed E-state index contributed by atoms with van der Waals surface area (Å²) in [5.74, 6) is 0.619. The molecule has 92 valence electrons. The van der Waals surface area contributed by atoms with Crippen LogP contribution in [-0.2, 0) is 0 Å². The van der Waals surface area contributed by atoms with Crippen molar-refractivity contribution in [2.24, 2.45) is 11.7 Å². The highest BCUT2D eigenvalue weighted by Crippen LogP contribution is 2.14. The monoisotopic (exact) mass is 230 g/mol. The third-order valence-corrected chi connectivity index (χ3v) is 3.53. The van der Waals surface area contributed by atoms with Crippen LogP contribution in [0.3, 0.4) is 0 Å². The number of hydrogen-bond donors (Lipinski definition) is 1. The van der Waals surface area contributed by atoms with Gasteiger partial charge in [-0.15, -0.1) is 0 Å². The van der Waals surface area contributed by atoms with Crippen LogP contribution < -0.4 is 5.73 Å². The number of rotatable bonds is 3. The molecule has 0 radical (unpaired) electrons. The third-order valence-electron chi connectivity index (χ3n) is 3.53. The Morgan fingerprint density at radius 1 is 1.35 bits per heavy atom. The number of nitrogens with two attached hydrogens (primary N) is 1. The molecule has 1 heterocycles. The predicted octanol–water partition coefficient (Wildman–Crippen LogP) is 2.37. The van der Waals surface area contributed by atoms with Gasteiger partial charge >= 0.3 is 0 Å². The number of hydrogen-bond acceptors (Lipinski definition) is 2. The van der Waals surface area contributed by atoms with Crippen LogP contribution in [0.25, 0.3) is 6.08 Å². The van der Waals surface area contributed by atoms with E-state index in [-0.39, 0.29) is 0 Å².